The van der Waals surface area contributed by atoms with Crippen LogP contribution in [0.5, 0.6) is 0 Å². The van der Waals surface area contributed by atoms with Crippen LogP contribution in [-0.2, 0) is 5.33 Å². The third kappa shape index (κ3) is 1.86. The van der Waals surface area contributed by atoms with Gasteiger partial charge in [0.15, 0.2) is 0 Å². The van der Waals surface area contributed by atoms with Gasteiger partial charge in [0.2, 0.25) is 0 Å². The summed E-state index contributed by atoms with van der Waals surface area (Å²) in [6.07, 6.45) is -2.58. The van der Waals surface area contributed by atoms with E-state index >= 15 is 0 Å². The zero-order valence-corrected chi connectivity index (χ0v) is 9.74. The Morgan fingerprint density at radius 2 is 2.20 bits per heavy atom. The molecule has 0 saturated carbocycles. The van der Waals surface area contributed by atoms with Crippen molar-refractivity contribution in [2.45, 2.75) is 11.8 Å². The van der Waals surface area contributed by atoms with E-state index in [0.717, 1.165) is 0 Å². The first-order chi connectivity index (χ1) is 7.13. The third-order valence-electron chi connectivity index (χ3n) is 2.03. The van der Waals surface area contributed by atoms with Crippen molar-refractivity contribution in [3.8, 4) is 0 Å². The molecule has 0 unspecified atom stereocenters. The van der Waals surface area contributed by atoms with Gasteiger partial charge in [-0.05, 0) is 12.1 Å². The number of alkyl halides is 3. The van der Waals surface area contributed by atoms with Crippen LogP contribution in [0.1, 0.15) is 17.8 Å². The minimum atomic E-state index is -2.58. The molecule has 0 bridgehead atoms. The van der Waals surface area contributed by atoms with Crippen molar-refractivity contribution in [1.82, 2.24) is 9.97 Å². The van der Waals surface area contributed by atoms with Gasteiger partial charge in [0.25, 0.3) is 6.43 Å². The molecule has 0 aliphatic carbocycles. The minimum Gasteiger partial charge on any atom is -0.341 e. The van der Waals surface area contributed by atoms with Crippen LogP contribution in [0.3, 0.4) is 0 Å². The Hall–Kier alpha value is -0.680. The molecule has 1 aromatic heterocycles. The van der Waals surface area contributed by atoms with Crippen LogP contribution in [-0.4, -0.2) is 9.97 Å². The van der Waals surface area contributed by atoms with E-state index < -0.39 is 6.43 Å². The first-order valence-corrected chi connectivity index (χ1v) is 5.64. The highest BCUT2D eigenvalue weighted by Crippen LogP contribution is 2.32. The first kappa shape index (κ1) is 10.8. The number of imidazole rings is 1. The number of rotatable bonds is 2. The fraction of sp³-hybridized carbons (Fsp3) is 0.222. The quantitative estimate of drug-likeness (QED) is 0.832. The molecule has 0 fully saturated rings. The van der Waals surface area contributed by atoms with Gasteiger partial charge in [-0.15, -0.1) is 0 Å². The van der Waals surface area contributed by atoms with Crippen molar-refractivity contribution in [2.24, 2.45) is 0 Å². The molecule has 0 spiro atoms. The van der Waals surface area contributed by atoms with Crippen molar-refractivity contribution >= 4 is 38.6 Å². The van der Waals surface area contributed by atoms with Crippen molar-refractivity contribution in [1.29, 1.82) is 0 Å². The number of hydrogen-bond donors (Lipinski definition) is 1. The molecule has 15 heavy (non-hydrogen) atoms. The average Bonchev–Trinajstić information content (AvgIpc) is 2.61. The number of halogens is 4. The molecule has 1 N–H and O–H groups in total. The smallest absolute Gasteiger partial charge is 0.265 e. The monoisotopic (exact) mass is 294 g/mol. The normalized spacial score (nSPS) is 11.5. The van der Waals surface area contributed by atoms with Gasteiger partial charge in [-0.3, -0.25) is 0 Å². The molecule has 2 nitrogen and oxygen atoms in total. The predicted octanol–water partition coefficient (Wildman–Crippen LogP) is 4.05. The van der Waals surface area contributed by atoms with Crippen LogP contribution < -0.4 is 0 Å². The maximum atomic E-state index is 12.5. The van der Waals surface area contributed by atoms with Crippen LogP contribution in [0.15, 0.2) is 12.1 Å². The second-order valence-electron chi connectivity index (χ2n) is 2.98. The molecule has 0 radical (unpaired) electrons. The number of fused-ring (bicyclic) bond motifs is 1. The highest BCUT2D eigenvalue weighted by molar-refractivity contribution is 9.08. The van der Waals surface area contributed by atoms with Gasteiger partial charge in [0.05, 0.1) is 15.9 Å². The van der Waals surface area contributed by atoms with Crippen molar-refractivity contribution in [3.05, 3.63) is 28.5 Å². The Morgan fingerprint density at radius 1 is 1.47 bits per heavy atom. The SMILES string of the molecule is FC(F)c1ccc2[nH]c(CBr)nc2c1Cl. The molecule has 2 aromatic rings. The topological polar surface area (TPSA) is 28.7 Å². The van der Waals surface area contributed by atoms with Gasteiger partial charge >= 0.3 is 0 Å². The summed E-state index contributed by atoms with van der Waals surface area (Å²) < 4.78 is 25.0. The van der Waals surface area contributed by atoms with Gasteiger partial charge in [-0.2, -0.15) is 0 Å². The molecule has 0 atom stereocenters. The lowest BCUT2D eigenvalue weighted by atomic mass is 10.2. The number of nitrogens with zero attached hydrogens (tertiary/aromatic N) is 1. The molecule has 0 amide bonds. The standard InChI is InChI=1S/C9H6BrClF2N2/c10-3-6-14-5-2-1-4(9(12)13)7(11)8(5)15-6/h1-2,9H,3H2,(H,14,15). The molecule has 80 valence electrons. The van der Waals surface area contributed by atoms with Gasteiger partial charge in [-0.25, -0.2) is 13.8 Å². The molecule has 0 saturated heterocycles. The van der Waals surface area contributed by atoms with Gasteiger partial charge in [0.1, 0.15) is 11.3 Å². The molecule has 6 heteroatoms. The number of nitrogens with one attached hydrogen (secondary N) is 1. The van der Waals surface area contributed by atoms with Crippen LogP contribution in [0.25, 0.3) is 11.0 Å². The summed E-state index contributed by atoms with van der Waals surface area (Å²) in [4.78, 5) is 7.07. The van der Waals surface area contributed by atoms with E-state index in [4.69, 9.17) is 11.6 Å². The Balaban J connectivity index is 2.67. The zero-order valence-electron chi connectivity index (χ0n) is 7.40. The van der Waals surface area contributed by atoms with E-state index in [1.165, 1.54) is 6.07 Å². The molecule has 2 rings (SSSR count). The summed E-state index contributed by atoms with van der Waals surface area (Å²) in [7, 11) is 0. The van der Waals surface area contributed by atoms with E-state index in [-0.39, 0.29) is 10.6 Å². The Kier molecular flexibility index (Phi) is 2.93. The fourth-order valence-corrected chi connectivity index (χ4v) is 1.90. The number of aromatic nitrogens is 2. The minimum absolute atomic E-state index is 0.0194. The first-order valence-electron chi connectivity index (χ1n) is 4.14. The van der Waals surface area contributed by atoms with Crippen LogP contribution >= 0.6 is 27.5 Å². The Morgan fingerprint density at radius 3 is 2.80 bits per heavy atom. The second kappa shape index (κ2) is 4.06. The number of aromatic amines is 1. The largest absolute Gasteiger partial charge is 0.341 e. The zero-order chi connectivity index (χ0) is 11.0. The van der Waals surface area contributed by atoms with Crippen molar-refractivity contribution < 1.29 is 8.78 Å². The number of H-pyrrole nitrogens is 1. The van der Waals surface area contributed by atoms with E-state index in [2.05, 4.69) is 25.9 Å². The molecular formula is C9H6BrClF2N2. The van der Waals surface area contributed by atoms with Gasteiger partial charge in [-0.1, -0.05) is 27.5 Å². The van der Waals surface area contributed by atoms with Crippen molar-refractivity contribution in [2.75, 3.05) is 0 Å². The summed E-state index contributed by atoms with van der Waals surface area (Å²) in [5.74, 6) is 0.665. The highest BCUT2D eigenvalue weighted by atomic mass is 79.9. The molecule has 1 aromatic carbocycles. The summed E-state index contributed by atoms with van der Waals surface area (Å²) >= 11 is 9.05. The predicted molar refractivity (Wildman–Crippen MR) is 58.7 cm³/mol. The van der Waals surface area contributed by atoms with E-state index in [1.54, 1.807) is 6.07 Å². The molecular weight excluding hydrogens is 289 g/mol. The lowest BCUT2D eigenvalue weighted by Crippen LogP contribution is -1.86. The van der Waals surface area contributed by atoms with Crippen LogP contribution in [0.4, 0.5) is 8.78 Å². The lowest BCUT2D eigenvalue weighted by molar-refractivity contribution is 0.151. The average molecular weight is 296 g/mol. The number of hydrogen-bond acceptors (Lipinski definition) is 1. The lowest BCUT2D eigenvalue weighted by Gasteiger charge is -2.01. The maximum Gasteiger partial charge on any atom is 0.265 e. The molecule has 0 aliphatic heterocycles. The van der Waals surface area contributed by atoms with Crippen LogP contribution in [0.2, 0.25) is 5.02 Å². The van der Waals surface area contributed by atoms with E-state index in [1.807, 2.05) is 0 Å². The van der Waals surface area contributed by atoms with Gasteiger partial charge in [0, 0.05) is 5.56 Å². The van der Waals surface area contributed by atoms with E-state index in [0.29, 0.717) is 22.2 Å². The second-order valence-corrected chi connectivity index (χ2v) is 3.92. The molecule has 1 heterocycles. The summed E-state index contributed by atoms with van der Waals surface area (Å²) in [6, 6.07) is 2.87. The summed E-state index contributed by atoms with van der Waals surface area (Å²) in [6.45, 7) is 0. The Bertz CT molecular complexity index is 498. The summed E-state index contributed by atoms with van der Waals surface area (Å²) in [5, 5.41) is 0.549. The fourth-order valence-electron chi connectivity index (χ4n) is 1.34. The molecule has 0 aliphatic rings. The highest BCUT2D eigenvalue weighted by Gasteiger charge is 2.16. The van der Waals surface area contributed by atoms with Crippen LogP contribution in [0, 0.1) is 0 Å². The van der Waals surface area contributed by atoms with Crippen molar-refractivity contribution in [3.63, 3.8) is 0 Å². The van der Waals surface area contributed by atoms with E-state index in [9.17, 15) is 8.78 Å². The van der Waals surface area contributed by atoms with Gasteiger partial charge < -0.3 is 4.98 Å². The number of benzene rings is 1. The summed E-state index contributed by atoms with van der Waals surface area (Å²) in [5.41, 5.74) is 0.875. The maximum absolute atomic E-state index is 12.5. The Labute approximate surface area is 97.8 Å². The third-order valence-corrected chi connectivity index (χ3v) is 2.96.